The van der Waals surface area contributed by atoms with Crippen molar-refractivity contribution >= 4 is 29.9 Å². The molecule has 1 aromatic carbocycles. The molecule has 7 heteroatoms. The normalized spacial score (nSPS) is 16.4. The van der Waals surface area contributed by atoms with E-state index < -0.39 is 6.10 Å². The summed E-state index contributed by atoms with van der Waals surface area (Å²) in [5, 5.41) is 17.3. The average molecular weight is 477 g/mol. The van der Waals surface area contributed by atoms with Crippen LogP contribution in [0.4, 0.5) is 0 Å². The standard InChI is InChI=1S/C19H31N3O3.HI/c1-4-20-19(22-14-8-6-5-7-9-14)21-13-17(23)16-12-15(24-2)10-11-18(16)25-3;/h10-12,14,17,23H,4-9,13H2,1-3H3,(H2,20,21,22);1H. The summed E-state index contributed by atoms with van der Waals surface area (Å²) < 4.78 is 10.6. The molecule has 0 bridgehead atoms. The summed E-state index contributed by atoms with van der Waals surface area (Å²) in [6.45, 7) is 3.09. The summed E-state index contributed by atoms with van der Waals surface area (Å²) in [7, 11) is 3.20. The summed E-state index contributed by atoms with van der Waals surface area (Å²) in [5.41, 5.74) is 0.680. The number of aliphatic hydroxyl groups excluding tert-OH is 1. The number of ether oxygens (including phenoxy) is 2. The number of hydrogen-bond donors (Lipinski definition) is 3. The number of rotatable bonds is 7. The van der Waals surface area contributed by atoms with E-state index in [1.54, 1.807) is 26.4 Å². The van der Waals surface area contributed by atoms with E-state index >= 15 is 0 Å². The topological polar surface area (TPSA) is 75.1 Å². The number of benzene rings is 1. The molecule has 0 saturated heterocycles. The van der Waals surface area contributed by atoms with Gasteiger partial charge in [-0.2, -0.15) is 0 Å². The Kier molecular flexibility index (Phi) is 10.7. The third-order valence-electron chi connectivity index (χ3n) is 4.51. The van der Waals surface area contributed by atoms with Gasteiger partial charge in [-0.1, -0.05) is 19.3 Å². The molecule has 1 fully saturated rings. The van der Waals surface area contributed by atoms with Gasteiger partial charge in [0.1, 0.15) is 17.6 Å². The Morgan fingerprint density at radius 2 is 1.96 bits per heavy atom. The molecular formula is C19H32IN3O3. The number of halogens is 1. The molecular weight excluding hydrogens is 445 g/mol. The zero-order valence-electron chi connectivity index (χ0n) is 16.0. The van der Waals surface area contributed by atoms with Gasteiger partial charge in [0.05, 0.1) is 20.8 Å². The fraction of sp³-hybridized carbons (Fsp3) is 0.632. The molecule has 1 aliphatic rings. The van der Waals surface area contributed by atoms with Gasteiger partial charge >= 0.3 is 0 Å². The zero-order valence-corrected chi connectivity index (χ0v) is 18.3. The van der Waals surface area contributed by atoms with Gasteiger partial charge in [0.2, 0.25) is 0 Å². The molecule has 0 amide bonds. The highest BCUT2D eigenvalue weighted by Gasteiger charge is 2.17. The van der Waals surface area contributed by atoms with Gasteiger partial charge in [0, 0.05) is 18.2 Å². The lowest BCUT2D eigenvalue weighted by Gasteiger charge is -2.25. The molecule has 1 atom stereocenters. The first kappa shape index (κ1) is 22.8. The highest BCUT2D eigenvalue weighted by molar-refractivity contribution is 14.0. The van der Waals surface area contributed by atoms with Crippen LogP contribution in [0.25, 0.3) is 0 Å². The minimum atomic E-state index is -0.758. The van der Waals surface area contributed by atoms with Gasteiger partial charge in [-0.3, -0.25) is 4.99 Å². The van der Waals surface area contributed by atoms with Gasteiger partial charge in [-0.25, -0.2) is 0 Å². The molecule has 26 heavy (non-hydrogen) atoms. The van der Waals surface area contributed by atoms with E-state index in [0.29, 0.717) is 23.1 Å². The first-order valence-electron chi connectivity index (χ1n) is 9.12. The van der Waals surface area contributed by atoms with Crippen molar-refractivity contribution in [2.75, 3.05) is 27.3 Å². The third kappa shape index (κ3) is 6.83. The number of aliphatic imine (C=N–C) groups is 1. The van der Waals surface area contributed by atoms with Crippen LogP contribution in [0.2, 0.25) is 0 Å². The van der Waals surface area contributed by atoms with Gasteiger partial charge in [-0.15, -0.1) is 24.0 Å². The van der Waals surface area contributed by atoms with Crippen LogP contribution >= 0.6 is 24.0 Å². The van der Waals surface area contributed by atoms with E-state index in [2.05, 4.69) is 15.6 Å². The minimum Gasteiger partial charge on any atom is -0.497 e. The lowest BCUT2D eigenvalue weighted by Crippen LogP contribution is -2.44. The molecule has 1 aliphatic carbocycles. The van der Waals surface area contributed by atoms with Crippen LogP contribution in [0.5, 0.6) is 11.5 Å². The van der Waals surface area contributed by atoms with Gasteiger partial charge in [-0.05, 0) is 38.0 Å². The predicted octanol–water partition coefficient (Wildman–Crippen LogP) is 3.24. The zero-order chi connectivity index (χ0) is 18.1. The van der Waals surface area contributed by atoms with Crippen molar-refractivity contribution < 1.29 is 14.6 Å². The number of methoxy groups -OCH3 is 2. The third-order valence-corrected chi connectivity index (χ3v) is 4.51. The van der Waals surface area contributed by atoms with E-state index in [-0.39, 0.29) is 30.5 Å². The molecule has 148 valence electrons. The van der Waals surface area contributed by atoms with Crippen molar-refractivity contribution in [3.05, 3.63) is 23.8 Å². The molecule has 1 saturated carbocycles. The fourth-order valence-corrected chi connectivity index (χ4v) is 3.14. The minimum absolute atomic E-state index is 0. The second-order valence-corrected chi connectivity index (χ2v) is 6.32. The van der Waals surface area contributed by atoms with Crippen LogP contribution in [0, 0.1) is 0 Å². The van der Waals surface area contributed by atoms with Crippen LogP contribution in [-0.2, 0) is 0 Å². The summed E-state index contributed by atoms with van der Waals surface area (Å²) >= 11 is 0. The quantitative estimate of drug-likeness (QED) is 0.320. The Labute approximate surface area is 173 Å². The molecule has 1 aromatic rings. The number of aliphatic hydroxyl groups is 1. The fourth-order valence-electron chi connectivity index (χ4n) is 3.14. The molecule has 0 aliphatic heterocycles. The van der Waals surface area contributed by atoms with Gasteiger partial charge < -0.3 is 25.2 Å². The molecule has 3 N–H and O–H groups in total. The number of hydrogen-bond acceptors (Lipinski definition) is 4. The molecule has 0 radical (unpaired) electrons. The monoisotopic (exact) mass is 477 g/mol. The summed E-state index contributed by atoms with van der Waals surface area (Å²) in [5.74, 6) is 2.08. The maximum atomic E-state index is 10.6. The summed E-state index contributed by atoms with van der Waals surface area (Å²) in [6.07, 6.45) is 5.45. The van der Waals surface area contributed by atoms with Crippen molar-refractivity contribution in [2.24, 2.45) is 4.99 Å². The summed E-state index contributed by atoms with van der Waals surface area (Å²) in [6, 6.07) is 5.87. The van der Waals surface area contributed by atoms with E-state index in [1.807, 2.05) is 13.0 Å². The van der Waals surface area contributed by atoms with Crippen molar-refractivity contribution in [1.29, 1.82) is 0 Å². The molecule has 0 heterocycles. The van der Waals surface area contributed by atoms with Crippen LogP contribution in [-0.4, -0.2) is 44.4 Å². The van der Waals surface area contributed by atoms with E-state index in [4.69, 9.17) is 9.47 Å². The predicted molar refractivity (Wildman–Crippen MR) is 116 cm³/mol. The second-order valence-electron chi connectivity index (χ2n) is 6.32. The van der Waals surface area contributed by atoms with Gasteiger partial charge in [0.25, 0.3) is 0 Å². The van der Waals surface area contributed by atoms with Crippen molar-refractivity contribution in [1.82, 2.24) is 10.6 Å². The molecule has 1 unspecified atom stereocenters. The van der Waals surface area contributed by atoms with E-state index in [0.717, 1.165) is 12.5 Å². The Morgan fingerprint density at radius 1 is 1.23 bits per heavy atom. The lowest BCUT2D eigenvalue weighted by atomic mass is 9.96. The SMILES string of the molecule is CCNC(=NCC(O)c1cc(OC)ccc1OC)NC1CCCCC1.I. The Hall–Kier alpha value is -1.22. The van der Waals surface area contributed by atoms with Crippen LogP contribution in [0.3, 0.4) is 0 Å². The number of guanidine groups is 1. The maximum Gasteiger partial charge on any atom is 0.191 e. The molecule has 0 aromatic heterocycles. The van der Waals surface area contributed by atoms with Gasteiger partial charge in [0.15, 0.2) is 5.96 Å². The largest absolute Gasteiger partial charge is 0.497 e. The number of nitrogens with one attached hydrogen (secondary N) is 2. The Morgan fingerprint density at radius 3 is 2.58 bits per heavy atom. The molecule has 0 spiro atoms. The van der Waals surface area contributed by atoms with E-state index in [9.17, 15) is 5.11 Å². The lowest BCUT2D eigenvalue weighted by molar-refractivity contribution is 0.182. The van der Waals surface area contributed by atoms with E-state index in [1.165, 1.54) is 32.1 Å². The first-order valence-corrected chi connectivity index (χ1v) is 9.12. The van der Waals surface area contributed by atoms with Crippen molar-refractivity contribution in [3.8, 4) is 11.5 Å². The van der Waals surface area contributed by atoms with Crippen LogP contribution in [0.15, 0.2) is 23.2 Å². The molecule has 6 nitrogen and oxygen atoms in total. The first-order chi connectivity index (χ1) is 12.2. The average Bonchev–Trinajstić information content (AvgIpc) is 2.66. The number of nitrogens with zero attached hydrogens (tertiary/aromatic N) is 1. The van der Waals surface area contributed by atoms with Crippen LogP contribution in [0.1, 0.15) is 50.7 Å². The highest BCUT2D eigenvalue weighted by Crippen LogP contribution is 2.29. The van der Waals surface area contributed by atoms with Crippen LogP contribution < -0.4 is 20.1 Å². The highest BCUT2D eigenvalue weighted by atomic mass is 127. The maximum absolute atomic E-state index is 10.6. The van der Waals surface area contributed by atoms with Crippen molar-refractivity contribution in [2.45, 2.75) is 51.2 Å². The smallest absolute Gasteiger partial charge is 0.191 e. The Bertz CT molecular complexity index is 563. The molecule has 2 rings (SSSR count). The van der Waals surface area contributed by atoms with Crippen molar-refractivity contribution in [3.63, 3.8) is 0 Å². The second kappa shape index (κ2) is 12.2. The summed E-state index contributed by atoms with van der Waals surface area (Å²) in [4.78, 5) is 4.56. The Balaban J connectivity index is 0.00000338.